The number of anilines is 2. The second kappa shape index (κ2) is 5.27. The Labute approximate surface area is 118 Å². The lowest BCUT2D eigenvalue weighted by atomic mass is 10.2. The molecule has 0 atom stereocenters. The molecule has 0 saturated heterocycles. The highest BCUT2D eigenvalue weighted by molar-refractivity contribution is 9.10. The van der Waals surface area contributed by atoms with E-state index in [2.05, 4.69) is 21.2 Å². The molecular weight excluding hydrogens is 310 g/mol. The molecule has 2 rings (SSSR count). The highest BCUT2D eigenvalue weighted by Gasteiger charge is 2.08. The van der Waals surface area contributed by atoms with Crippen molar-refractivity contribution in [3.8, 4) is 0 Å². The quantitative estimate of drug-likeness (QED) is 0.830. The predicted octanol–water partition coefficient (Wildman–Crippen LogP) is 1.98. The fraction of sp³-hybridized carbons (Fsp3) is 0.0769. The van der Waals surface area contributed by atoms with E-state index in [1.165, 1.54) is 10.6 Å². The molecule has 98 valence electrons. The predicted molar refractivity (Wildman–Crippen MR) is 78.2 cm³/mol. The van der Waals surface area contributed by atoms with Gasteiger partial charge in [0.1, 0.15) is 0 Å². The molecule has 0 aliphatic rings. The van der Waals surface area contributed by atoms with Crippen molar-refractivity contribution in [1.29, 1.82) is 0 Å². The van der Waals surface area contributed by atoms with Crippen LogP contribution < -0.4 is 16.6 Å². The molecule has 0 unspecified atom stereocenters. The van der Waals surface area contributed by atoms with Gasteiger partial charge in [-0.25, -0.2) is 0 Å². The van der Waals surface area contributed by atoms with Gasteiger partial charge in [-0.05, 0) is 24.3 Å². The van der Waals surface area contributed by atoms with Crippen LogP contribution >= 0.6 is 15.9 Å². The molecule has 0 bridgehead atoms. The standard InChI is InChI=1S/C13H12BrN3O2/c1-17-7-11(2-3-12(17)18)16-13(19)8-4-9(14)6-10(15)5-8/h2-7H,15H2,1H3,(H,16,19). The Balaban J connectivity index is 2.25. The zero-order valence-electron chi connectivity index (χ0n) is 10.2. The lowest BCUT2D eigenvalue weighted by molar-refractivity contribution is 0.102. The minimum atomic E-state index is -0.286. The fourth-order valence-electron chi connectivity index (χ4n) is 1.61. The maximum atomic E-state index is 12.0. The Bertz CT molecular complexity index is 674. The molecule has 0 fully saturated rings. The molecule has 19 heavy (non-hydrogen) atoms. The normalized spacial score (nSPS) is 10.2. The second-order valence-corrected chi connectivity index (χ2v) is 5.01. The summed E-state index contributed by atoms with van der Waals surface area (Å²) < 4.78 is 2.13. The third kappa shape index (κ3) is 3.23. The van der Waals surface area contributed by atoms with Gasteiger partial charge in [-0.1, -0.05) is 15.9 Å². The van der Waals surface area contributed by atoms with E-state index < -0.39 is 0 Å². The molecule has 1 amide bonds. The van der Waals surface area contributed by atoms with E-state index >= 15 is 0 Å². The second-order valence-electron chi connectivity index (χ2n) is 4.09. The number of halogens is 1. The maximum Gasteiger partial charge on any atom is 0.255 e. The third-order valence-corrected chi connectivity index (χ3v) is 2.98. The minimum Gasteiger partial charge on any atom is -0.399 e. The van der Waals surface area contributed by atoms with Gasteiger partial charge < -0.3 is 15.6 Å². The van der Waals surface area contributed by atoms with Crippen molar-refractivity contribution in [3.63, 3.8) is 0 Å². The number of hydrogen-bond acceptors (Lipinski definition) is 3. The summed E-state index contributed by atoms with van der Waals surface area (Å²) in [5.41, 5.74) is 7.04. The summed E-state index contributed by atoms with van der Waals surface area (Å²) in [6.45, 7) is 0. The van der Waals surface area contributed by atoms with Crippen LogP contribution in [0.1, 0.15) is 10.4 Å². The van der Waals surface area contributed by atoms with Crippen molar-refractivity contribution >= 4 is 33.2 Å². The SMILES string of the molecule is Cn1cc(NC(=O)c2cc(N)cc(Br)c2)ccc1=O. The Hall–Kier alpha value is -2.08. The number of amides is 1. The number of benzene rings is 1. The van der Waals surface area contributed by atoms with Gasteiger partial charge >= 0.3 is 0 Å². The van der Waals surface area contributed by atoms with Gasteiger partial charge in [0.05, 0.1) is 5.69 Å². The number of nitrogens with two attached hydrogens (primary N) is 1. The first-order valence-corrected chi connectivity index (χ1v) is 6.29. The molecule has 0 radical (unpaired) electrons. The molecule has 6 heteroatoms. The van der Waals surface area contributed by atoms with Crippen molar-refractivity contribution < 1.29 is 4.79 Å². The number of hydrogen-bond donors (Lipinski definition) is 2. The number of nitrogen functional groups attached to an aromatic ring is 1. The van der Waals surface area contributed by atoms with E-state index in [1.54, 1.807) is 37.5 Å². The number of nitrogens with one attached hydrogen (secondary N) is 1. The summed E-state index contributed by atoms with van der Waals surface area (Å²) in [7, 11) is 1.62. The highest BCUT2D eigenvalue weighted by Crippen LogP contribution is 2.18. The zero-order chi connectivity index (χ0) is 14.0. The van der Waals surface area contributed by atoms with Gasteiger partial charge in [0.15, 0.2) is 0 Å². The van der Waals surface area contributed by atoms with Gasteiger partial charge in [0.2, 0.25) is 5.56 Å². The molecule has 1 heterocycles. The number of aryl methyl sites for hydroxylation is 1. The van der Waals surface area contributed by atoms with Gasteiger partial charge in [-0.3, -0.25) is 9.59 Å². The summed E-state index contributed by atoms with van der Waals surface area (Å²) in [5.74, 6) is -0.286. The zero-order valence-corrected chi connectivity index (χ0v) is 11.8. The van der Waals surface area contributed by atoms with Crippen LogP contribution in [0.15, 0.2) is 45.8 Å². The molecular formula is C13H12BrN3O2. The largest absolute Gasteiger partial charge is 0.399 e. The number of rotatable bonds is 2. The summed E-state index contributed by atoms with van der Waals surface area (Å²) >= 11 is 3.28. The lowest BCUT2D eigenvalue weighted by Crippen LogP contribution is -2.18. The van der Waals surface area contributed by atoms with Crippen LogP contribution in [0.5, 0.6) is 0 Å². The summed E-state index contributed by atoms with van der Waals surface area (Å²) in [5, 5.41) is 2.71. The van der Waals surface area contributed by atoms with E-state index in [-0.39, 0.29) is 11.5 Å². The van der Waals surface area contributed by atoms with Gasteiger partial charge in [0.25, 0.3) is 5.91 Å². The molecule has 0 saturated carbocycles. The summed E-state index contributed by atoms with van der Waals surface area (Å²) in [6.07, 6.45) is 1.56. The van der Waals surface area contributed by atoms with Crippen LogP contribution in [0.2, 0.25) is 0 Å². The Morgan fingerprint density at radius 3 is 2.68 bits per heavy atom. The molecule has 5 nitrogen and oxygen atoms in total. The molecule has 1 aromatic heterocycles. The molecule has 3 N–H and O–H groups in total. The van der Waals surface area contributed by atoms with E-state index in [0.717, 1.165) is 4.47 Å². The van der Waals surface area contributed by atoms with Crippen LogP contribution in [-0.4, -0.2) is 10.5 Å². The van der Waals surface area contributed by atoms with E-state index in [9.17, 15) is 9.59 Å². The first kappa shape index (κ1) is 13.4. The van der Waals surface area contributed by atoms with Crippen LogP contribution in [0, 0.1) is 0 Å². The smallest absolute Gasteiger partial charge is 0.255 e. The average molecular weight is 322 g/mol. The number of aromatic nitrogens is 1. The lowest BCUT2D eigenvalue weighted by Gasteiger charge is -2.07. The minimum absolute atomic E-state index is 0.135. The topological polar surface area (TPSA) is 77.1 Å². The van der Waals surface area contributed by atoms with Gasteiger partial charge in [-0.2, -0.15) is 0 Å². The van der Waals surface area contributed by atoms with Crippen molar-refractivity contribution in [3.05, 3.63) is 56.9 Å². The van der Waals surface area contributed by atoms with E-state index in [4.69, 9.17) is 5.73 Å². The molecule has 0 aliphatic carbocycles. The van der Waals surface area contributed by atoms with Crippen LogP contribution in [0.4, 0.5) is 11.4 Å². The molecule has 0 spiro atoms. The average Bonchev–Trinajstić information content (AvgIpc) is 2.32. The maximum absolute atomic E-state index is 12.0. The molecule has 0 aliphatic heterocycles. The Morgan fingerprint density at radius 1 is 1.32 bits per heavy atom. The van der Waals surface area contributed by atoms with Gasteiger partial charge in [-0.15, -0.1) is 0 Å². The van der Waals surface area contributed by atoms with E-state index in [1.807, 2.05) is 0 Å². The number of carbonyl (C=O) groups excluding carboxylic acids is 1. The first-order valence-electron chi connectivity index (χ1n) is 5.50. The summed E-state index contributed by atoms with van der Waals surface area (Å²) in [4.78, 5) is 23.3. The Kier molecular flexibility index (Phi) is 3.71. The van der Waals surface area contributed by atoms with Crippen molar-refractivity contribution in [2.75, 3.05) is 11.1 Å². The molecule has 2 aromatic rings. The van der Waals surface area contributed by atoms with Crippen molar-refractivity contribution in [2.45, 2.75) is 0 Å². The molecule has 1 aromatic carbocycles. The van der Waals surface area contributed by atoms with Gasteiger partial charge in [0, 0.05) is 35.0 Å². The fourth-order valence-corrected chi connectivity index (χ4v) is 2.13. The van der Waals surface area contributed by atoms with E-state index in [0.29, 0.717) is 16.9 Å². The monoisotopic (exact) mass is 321 g/mol. The first-order chi connectivity index (χ1) is 8.95. The third-order valence-electron chi connectivity index (χ3n) is 2.53. The van der Waals surface area contributed by atoms with Crippen LogP contribution in [0.3, 0.4) is 0 Å². The number of pyridine rings is 1. The summed E-state index contributed by atoms with van der Waals surface area (Å²) in [6, 6.07) is 7.92. The van der Waals surface area contributed by atoms with Crippen molar-refractivity contribution in [1.82, 2.24) is 4.57 Å². The highest BCUT2D eigenvalue weighted by atomic mass is 79.9. The van der Waals surface area contributed by atoms with Crippen molar-refractivity contribution in [2.24, 2.45) is 7.05 Å². The van der Waals surface area contributed by atoms with Crippen LogP contribution in [-0.2, 0) is 7.05 Å². The Morgan fingerprint density at radius 2 is 2.05 bits per heavy atom. The van der Waals surface area contributed by atoms with Crippen LogP contribution in [0.25, 0.3) is 0 Å². The number of nitrogens with zero attached hydrogens (tertiary/aromatic N) is 1. The number of carbonyl (C=O) groups is 1.